The van der Waals surface area contributed by atoms with Crippen molar-refractivity contribution in [2.24, 2.45) is 0 Å². The zero-order valence-electron chi connectivity index (χ0n) is 23.2. The highest BCUT2D eigenvalue weighted by Gasteiger charge is 2.46. The number of hydrogen-bond acceptors (Lipinski definition) is 1. The predicted molar refractivity (Wildman–Crippen MR) is 180 cm³/mol. The first-order valence-electron chi connectivity index (χ1n) is 14.2. The molecular formula is C37H32N2OSi2. The van der Waals surface area contributed by atoms with Crippen LogP contribution in [0.5, 0.6) is 0 Å². The minimum absolute atomic E-state index is 0.179. The Balaban J connectivity index is 1.55. The van der Waals surface area contributed by atoms with E-state index in [4.69, 9.17) is 0 Å². The van der Waals surface area contributed by atoms with Crippen LogP contribution < -0.4 is 41.1 Å². The molecule has 6 aromatic carbocycles. The van der Waals surface area contributed by atoms with E-state index in [9.17, 15) is 4.79 Å². The zero-order valence-corrected chi connectivity index (χ0v) is 25.2. The number of amides is 2. The van der Waals surface area contributed by atoms with Crippen LogP contribution in [-0.2, 0) is 0 Å². The van der Waals surface area contributed by atoms with E-state index in [0.29, 0.717) is 0 Å². The molecule has 0 saturated carbocycles. The van der Waals surface area contributed by atoms with Crippen LogP contribution in [0.2, 0.25) is 0 Å². The minimum Gasteiger partial charge on any atom is -0.353 e. The Morgan fingerprint density at radius 2 is 0.476 bits per heavy atom. The molecule has 42 heavy (non-hydrogen) atoms. The minimum atomic E-state index is -3.03. The molecule has 0 fully saturated rings. The molecule has 0 aliphatic rings. The lowest BCUT2D eigenvalue weighted by Gasteiger charge is -2.38. The average molecular weight is 577 g/mol. The second kappa shape index (κ2) is 12.3. The molecule has 0 aliphatic carbocycles. The first kappa shape index (κ1) is 27.2. The lowest BCUT2D eigenvalue weighted by atomic mass is 10.3. The molecule has 0 atom stereocenters. The van der Waals surface area contributed by atoms with E-state index in [2.05, 4.69) is 156 Å². The third kappa shape index (κ3) is 5.12. The maximum atomic E-state index is 14.8. The molecule has 6 rings (SSSR count). The molecule has 0 spiro atoms. The summed E-state index contributed by atoms with van der Waals surface area (Å²) in [7, 11) is -6.06. The first-order valence-corrected chi connectivity index (χ1v) is 18.2. The fraction of sp³-hybridized carbons (Fsp3) is 0. The van der Waals surface area contributed by atoms with Gasteiger partial charge in [0.2, 0.25) is 0 Å². The van der Waals surface area contributed by atoms with Gasteiger partial charge in [0.25, 0.3) is 22.5 Å². The largest absolute Gasteiger partial charge is 0.353 e. The highest BCUT2D eigenvalue weighted by Crippen LogP contribution is 2.09. The van der Waals surface area contributed by atoms with E-state index in [-0.39, 0.29) is 6.03 Å². The Kier molecular flexibility index (Phi) is 7.94. The third-order valence-corrected chi connectivity index (χ3v) is 16.2. The molecule has 204 valence electrons. The molecule has 3 nitrogen and oxygen atoms in total. The number of carbonyl (C=O) groups is 1. The van der Waals surface area contributed by atoms with Crippen molar-refractivity contribution in [3.05, 3.63) is 182 Å². The van der Waals surface area contributed by atoms with Gasteiger partial charge in [-0.2, -0.15) is 0 Å². The van der Waals surface area contributed by atoms with Crippen molar-refractivity contribution in [2.75, 3.05) is 0 Å². The van der Waals surface area contributed by atoms with E-state index in [1.54, 1.807) is 0 Å². The van der Waals surface area contributed by atoms with Gasteiger partial charge in [-0.3, -0.25) is 4.79 Å². The summed E-state index contributed by atoms with van der Waals surface area (Å²) in [5.41, 5.74) is 0. The molecule has 2 amide bonds. The number of rotatable bonds is 8. The number of carbonyl (C=O) groups excluding carboxylic acids is 1. The lowest BCUT2D eigenvalue weighted by molar-refractivity contribution is 0.250. The molecule has 0 saturated heterocycles. The van der Waals surface area contributed by atoms with Crippen molar-refractivity contribution in [3.8, 4) is 0 Å². The molecule has 0 unspecified atom stereocenters. The smallest absolute Gasteiger partial charge is 0.300 e. The molecule has 2 N–H and O–H groups in total. The van der Waals surface area contributed by atoms with E-state index >= 15 is 0 Å². The van der Waals surface area contributed by atoms with Crippen LogP contribution in [0.25, 0.3) is 0 Å². The van der Waals surface area contributed by atoms with Gasteiger partial charge in [0.1, 0.15) is 0 Å². The lowest BCUT2D eigenvalue weighted by Crippen LogP contribution is -2.83. The molecule has 5 heteroatoms. The Morgan fingerprint density at radius 1 is 0.310 bits per heavy atom. The van der Waals surface area contributed by atoms with E-state index in [1.165, 1.54) is 0 Å². The van der Waals surface area contributed by atoms with Gasteiger partial charge in [-0.25, -0.2) is 0 Å². The van der Waals surface area contributed by atoms with Gasteiger partial charge in [-0.1, -0.05) is 182 Å². The van der Waals surface area contributed by atoms with E-state index in [1.807, 2.05) is 36.4 Å². The van der Waals surface area contributed by atoms with Gasteiger partial charge < -0.3 is 9.96 Å². The summed E-state index contributed by atoms with van der Waals surface area (Å²) in [6.45, 7) is 0. The van der Waals surface area contributed by atoms with Crippen molar-refractivity contribution in [1.29, 1.82) is 0 Å². The van der Waals surface area contributed by atoms with Crippen LogP contribution >= 0.6 is 0 Å². The van der Waals surface area contributed by atoms with Crippen molar-refractivity contribution >= 4 is 53.6 Å². The average Bonchev–Trinajstić information content (AvgIpc) is 3.08. The fourth-order valence-electron chi connectivity index (χ4n) is 5.93. The summed E-state index contributed by atoms with van der Waals surface area (Å²) in [6, 6.07) is 62.3. The zero-order chi connectivity index (χ0) is 28.7. The predicted octanol–water partition coefficient (Wildman–Crippen LogP) is 3.62. The van der Waals surface area contributed by atoms with Crippen LogP contribution in [0.15, 0.2) is 182 Å². The summed E-state index contributed by atoms with van der Waals surface area (Å²) in [5, 5.41) is 6.69. The molecule has 0 radical (unpaired) electrons. The quantitative estimate of drug-likeness (QED) is 0.211. The van der Waals surface area contributed by atoms with Crippen molar-refractivity contribution in [2.45, 2.75) is 0 Å². The van der Waals surface area contributed by atoms with E-state index in [0.717, 1.165) is 31.1 Å². The van der Waals surface area contributed by atoms with Crippen molar-refractivity contribution in [3.63, 3.8) is 0 Å². The number of benzene rings is 6. The second-order valence-corrected chi connectivity index (χ2v) is 17.2. The van der Waals surface area contributed by atoms with E-state index < -0.39 is 16.5 Å². The third-order valence-electron chi connectivity index (χ3n) is 7.84. The maximum Gasteiger partial charge on any atom is 0.300 e. The molecule has 6 aromatic rings. The van der Waals surface area contributed by atoms with Crippen LogP contribution in [0.4, 0.5) is 4.79 Å². The molecule has 0 heterocycles. The maximum absolute atomic E-state index is 14.8. The van der Waals surface area contributed by atoms with Gasteiger partial charge in [-0.15, -0.1) is 0 Å². The topological polar surface area (TPSA) is 41.1 Å². The van der Waals surface area contributed by atoms with Crippen LogP contribution in [-0.4, -0.2) is 22.5 Å². The van der Waals surface area contributed by atoms with Gasteiger partial charge in [-0.05, 0) is 31.1 Å². The normalized spacial score (nSPS) is 11.4. The standard InChI is InChI=1S/C37H32N2OSi2/c40-37(38-41(31-19-7-1-8-20-31,32-21-9-2-10-22-32)33-23-11-3-12-24-33)39-42(34-25-13-4-14-26-34,35-27-15-5-16-28-35)36-29-17-6-18-30-36/h1-30H,(H2,38,39,40). The highest BCUT2D eigenvalue weighted by atomic mass is 28.3. The van der Waals surface area contributed by atoms with Gasteiger partial charge in [0.05, 0.1) is 0 Å². The Labute approximate surface area is 249 Å². The number of urea groups is 1. The van der Waals surface area contributed by atoms with Crippen molar-refractivity contribution in [1.82, 2.24) is 9.96 Å². The van der Waals surface area contributed by atoms with Gasteiger partial charge >= 0.3 is 0 Å². The Hall–Kier alpha value is -4.98. The van der Waals surface area contributed by atoms with Crippen LogP contribution in [0, 0.1) is 0 Å². The Bertz CT molecular complexity index is 1390. The monoisotopic (exact) mass is 576 g/mol. The Morgan fingerprint density at radius 3 is 0.643 bits per heavy atom. The number of hydrogen-bond donors (Lipinski definition) is 2. The molecule has 0 aliphatic heterocycles. The summed E-state index contributed by atoms with van der Waals surface area (Å²) in [5.74, 6) is 0. The summed E-state index contributed by atoms with van der Waals surface area (Å²) in [4.78, 5) is 22.1. The highest BCUT2D eigenvalue weighted by molar-refractivity contribution is 7.13. The van der Waals surface area contributed by atoms with Crippen LogP contribution in [0.3, 0.4) is 0 Å². The number of nitrogens with one attached hydrogen (secondary N) is 2. The summed E-state index contributed by atoms with van der Waals surface area (Å²) in [6.07, 6.45) is 0. The van der Waals surface area contributed by atoms with Crippen molar-refractivity contribution < 1.29 is 4.79 Å². The summed E-state index contributed by atoms with van der Waals surface area (Å²) < 4.78 is 0. The molecular weight excluding hydrogens is 545 g/mol. The van der Waals surface area contributed by atoms with Gasteiger partial charge in [0, 0.05) is 0 Å². The first-order chi connectivity index (χ1) is 20.7. The van der Waals surface area contributed by atoms with Gasteiger partial charge in [0.15, 0.2) is 0 Å². The SMILES string of the molecule is O=C(N[Si](c1ccccc1)(c1ccccc1)c1ccccc1)N[Si](c1ccccc1)(c1ccccc1)c1ccccc1. The van der Waals surface area contributed by atoms with Crippen LogP contribution in [0.1, 0.15) is 0 Å². The molecule has 0 bridgehead atoms. The second-order valence-electron chi connectivity index (χ2n) is 10.3. The molecule has 0 aromatic heterocycles. The fourth-order valence-corrected chi connectivity index (χ4v) is 13.9. The summed E-state index contributed by atoms with van der Waals surface area (Å²) >= 11 is 0.